The summed E-state index contributed by atoms with van der Waals surface area (Å²) < 4.78 is 0. The first-order valence-electron chi connectivity index (χ1n) is 7.49. The predicted molar refractivity (Wildman–Crippen MR) is 84.9 cm³/mol. The van der Waals surface area contributed by atoms with E-state index in [9.17, 15) is 0 Å². The van der Waals surface area contributed by atoms with Gasteiger partial charge in [-0.2, -0.15) is 0 Å². The normalized spacial score (nSPS) is 30.5. The van der Waals surface area contributed by atoms with Crippen LogP contribution in [0.25, 0.3) is 0 Å². The van der Waals surface area contributed by atoms with Gasteiger partial charge < -0.3 is 0 Å². The predicted octanol–water partition coefficient (Wildman–Crippen LogP) is 5.61. The van der Waals surface area contributed by atoms with Gasteiger partial charge in [0, 0.05) is 5.92 Å². The molecule has 0 aromatic carbocycles. The van der Waals surface area contributed by atoms with Gasteiger partial charge in [-0.25, -0.2) is 0 Å². The lowest BCUT2D eigenvalue weighted by atomic mass is 9.83. The van der Waals surface area contributed by atoms with E-state index in [0.29, 0.717) is 17.8 Å². The number of fused-ring (bicyclic) bond motifs is 1. The monoisotopic (exact) mass is 254 g/mol. The van der Waals surface area contributed by atoms with Gasteiger partial charge in [0.15, 0.2) is 0 Å². The zero-order valence-corrected chi connectivity index (χ0v) is 12.7. The van der Waals surface area contributed by atoms with Crippen molar-refractivity contribution in [2.45, 2.75) is 40.5 Å². The Morgan fingerprint density at radius 3 is 2.79 bits per heavy atom. The standard InChI is InChI=1S/C19H26/c1-6-15(13(3)4)11-16(7-2)18-10-14(5)8-9-17-12-19(17)18/h7-9,11-12,14,18-19H,3,6,10H2,1-2,4-5H3. The van der Waals surface area contributed by atoms with Gasteiger partial charge >= 0.3 is 0 Å². The molecule has 2 aliphatic rings. The lowest BCUT2D eigenvalue weighted by molar-refractivity contribution is 0.470. The molecule has 0 aromatic rings. The van der Waals surface area contributed by atoms with Crippen molar-refractivity contribution in [3.8, 4) is 0 Å². The van der Waals surface area contributed by atoms with Crippen LogP contribution in [-0.4, -0.2) is 0 Å². The van der Waals surface area contributed by atoms with Gasteiger partial charge in [-0.15, -0.1) is 0 Å². The fourth-order valence-electron chi connectivity index (χ4n) is 3.05. The van der Waals surface area contributed by atoms with Crippen LogP contribution in [0, 0.1) is 17.8 Å². The largest absolute Gasteiger partial charge is 0.0958 e. The van der Waals surface area contributed by atoms with Crippen LogP contribution < -0.4 is 0 Å². The number of rotatable bonds is 4. The zero-order valence-electron chi connectivity index (χ0n) is 12.7. The van der Waals surface area contributed by atoms with Crippen LogP contribution in [-0.2, 0) is 0 Å². The van der Waals surface area contributed by atoms with Gasteiger partial charge in [-0.05, 0) is 55.2 Å². The molecule has 0 heterocycles. The van der Waals surface area contributed by atoms with Crippen LogP contribution in [0.1, 0.15) is 40.5 Å². The van der Waals surface area contributed by atoms with Gasteiger partial charge in [0.05, 0.1) is 0 Å². The molecule has 19 heavy (non-hydrogen) atoms. The van der Waals surface area contributed by atoms with Crippen molar-refractivity contribution in [3.05, 3.63) is 59.3 Å². The molecule has 0 N–H and O–H groups in total. The number of hydrogen-bond donors (Lipinski definition) is 0. The van der Waals surface area contributed by atoms with Crippen LogP contribution >= 0.6 is 0 Å². The molecule has 0 amide bonds. The molecule has 3 atom stereocenters. The topological polar surface area (TPSA) is 0 Å². The molecule has 0 radical (unpaired) electrons. The van der Waals surface area contributed by atoms with E-state index in [-0.39, 0.29) is 0 Å². The van der Waals surface area contributed by atoms with Crippen molar-refractivity contribution in [2.24, 2.45) is 17.8 Å². The molecule has 0 heteroatoms. The van der Waals surface area contributed by atoms with E-state index in [0.717, 1.165) is 6.42 Å². The van der Waals surface area contributed by atoms with Crippen molar-refractivity contribution in [1.82, 2.24) is 0 Å². The van der Waals surface area contributed by atoms with Crippen molar-refractivity contribution < 1.29 is 0 Å². The molecule has 3 unspecified atom stereocenters. The quantitative estimate of drug-likeness (QED) is 0.572. The maximum absolute atomic E-state index is 4.10. The Morgan fingerprint density at radius 2 is 2.21 bits per heavy atom. The summed E-state index contributed by atoms with van der Waals surface area (Å²) in [4.78, 5) is 0. The highest BCUT2D eigenvalue weighted by atomic mass is 14.4. The molecular formula is C19H26. The van der Waals surface area contributed by atoms with Crippen molar-refractivity contribution in [2.75, 3.05) is 0 Å². The molecule has 0 saturated carbocycles. The summed E-state index contributed by atoms with van der Waals surface area (Å²) in [7, 11) is 0. The first kappa shape index (κ1) is 14.1. The average molecular weight is 254 g/mol. The Kier molecular flexibility index (Phi) is 4.29. The van der Waals surface area contributed by atoms with E-state index in [2.05, 4.69) is 64.7 Å². The Hall–Kier alpha value is -1.30. The number of hydrogen-bond acceptors (Lipinski definition) is 0. The Balaban J connectivity index is 2.22. The highest BCUT2D eigenvalue weighted by Crippen LogP contribution is 2.46. The van der Waals surface area contributed by atoms with Crippen LogP contribution in [0.3, 0.4) is 0 Å². The first-order valence-corrected chi connectivity index (χ1v) is 7.49. The molecule has 102 valence electrons. The van der Waals surface area contributed by atoms with E-state index in [1.807, 2.05) is 0 Å². The lowest BCUT2D eigenvalue weighted by Gasteiger charge is -2.21. The van der Waals surface area contributed by atoms with Gasteiger partial charge in [0.25, 0.3) is 0 Å². The van der Waals surface area contributed by atoms with E-state index < -0.39 is 0 Å². The zero-order chi connectivity index (χ0) is 14.0. The van der Waals surface area contributed by atoms with E-state index >= 15 is 0 Å². The first-order chi connectivity index (χ1) is 9.06. The molecule has 0 aromatic heterocycles. The Bertz CT molecular complexity index is 482. The van der Waals surface area contributed by atoms with Crippen LogP contribution in [0.2, 0.25) is 0 Å². The lowest BCUT2D eigenvalue weighted by Crippen LogP contribution is -2.10. The maximum atomic E-state index is 4.10. The third-order valence-corrected chi connectivity index (χ3v) is 4.36. The molecule has 0 fully saturated rings. The van der Waals surface area contributed by atoms with Crippen molar-refractivity contribution in [1.29, 1.82) is 0 Å². The van der Waals surface area contributed by atoms with E-state index in [1.165, 1.54) is 28.7 Å². The molecule has 0 saturated heterocycles. The third-order valence-electron chi connectivity index (χ3n) is 4.36. The second-order valence-corrected chi connectivity index (χ2v) is 5.96. The van der Waals surface area contributed by atoms with Crippen LogP contribution in [0.5, 0.6) is 0 Å². The molecule has 2 aliphatic carbocycles. The van der Waals surface area contributed by atoms with Crippen molar-refractivity contribution in [3.63, 3.8) is 0 Å². The molecule has 0 nitrogen and oxygen atoms in total. The van der Waals surface area contributed by atoms with Crippen LogP contribution in [0.4, 0.5) is 0 Å². The molecule has 2 rings (SSSR count). The highest BCUT2D eigenvalue weighted by molar-refractivity contribution is 5.46. The minimum Gasteiger partial charge on any atom is -0.0958 e. The summed E-state index contributed by atoms with van der Waals surface area (Å²) in [5.74, 6) is 2.02. The smallest absolute Gasteiger partial charge is 0.00898 e. The maximum Gasteiger partial charge on any atom is 0.00898 e. The van der Waals surface area contributed by atoms with Gasteiger partial charge in [-0.3, -0.25) is 0 Å². The molecular weight excluding hydrogens is 228 g/mol. The third kappa shape index (κ3) is 3.18. The average Bonchev–Trinajstić information content (AvgIpc) is 3.14. The Labute approximate surface area is 118 Å². The van der Waals surface area contributed by atoms with E-state index in [4.69, 9.17) is 0 Å². The minimum atomic E-state index is 0.658. The Morgan fingerprint density at radius 1 is 1.47 bits per heavy atom. The summed E-state index contributed by atoms with van der Waals surface area (Å²) in [5, 5.41) is 0. The number of allylic oxidation sites excluding steroid dienone is 9. The molecule has 0 spiro atoms. The second-order valence-electron chi connectivity index (χ2n) is 5.96. The summed E-state index contributed by atoms with van der Waals surface area (Å²) >= 11 is 0. The van der Waals surface area contributed by atoms with Gasteiger partial charge in [0.1, 0.15) is 0 Å². The van der Waals surface area contributed by atoms with Gasteiger partial charge in [0.2, 0.25) is 0 Å². The van der Waals surface area contributed by atoms with Gasteiger partial charge in [-0.1, -0.05) is 56.4 Å². The summed E-state index contributed by atoms with van der Waals surface area (Å²) in [6, 6.07) is 0. The van der Waals surface area contributed by atoms with Crippen molar-refractivity contribution >= 4 is 0 Å². The fourth-order valence-corrected chi connectivity index (χ4v) is 3.05. The fraction of sp³-hybridized carbons (Fsp3) is 0.474. The highest BCUT2D eigenvalue weighted by Gasteiger charge is 2.35. The van der Waals surface area contributed by atoms with Crippen LogP contribution in [0.15, 0.2) is 59.3 Å². The second kappa shape index (κ2) is 5.77. The minimum absolute atomic E-state index is 0.658. The molecule has 0 bridgehead atoms. The summed E-state index contributed by atoms with van der Waals surface area (Å²) in [6.45, 7) is 12.9. The summed E-state index contributed by atoms with van der Waals surface area (Å²) in [5.41, 5.74) is 5.62. The SMILES string of the molecule is C=C(C)C(=CC(=CC)C1CC(C)C=CC2=CC21)CC. The molecule has 0 aliphatic heterocycles. The van der Waals surface area contributed by atoms with E-state index in [1.54, 1.807) is 0 Å². The summed E-state index contributed by atoms with van der Waals surface area (Å²) in [6.07, 6.45) is 14.1.